The number of amides is 4. The van der Waals surface area contributed by atoms with Gasteiger partial charge in [-0.25, -0.2) is 5.43 Å². The minimum atomic E-state index is -1.15. The predicted octanol–water partition coefficient (Wildman–Crippen LogP) is 5.93. The highest BCUT2D eigenvalue weighted by atomic mass is 16.5. The maximum Gasteiger partial charge on any atom is 0.324 e. The van der Waals surface area contributed by atoms with Gasteiger partial charge in [0.25, 0.3) is 5.91 Å². The van der Waals surface area contributed by atoms with Crippen molar-refractivity contribution in [1.82, 2.24) is 35.0 Å². The summed E-state index contributed by atoms with van der Waals surface area (Å²) < 4.78 is 8.45. The van der Waals surface area contributed by atoms with Crippen molar-refractivity contribution < 1.29 is 33.8 Å². The lowest BCUT2D eigenvalue weighted by atomic mass is 9.84. The summed E-state index contributed by atoms with van der Waals surface area (Å²) in [4.78, 5) is 74.5. The Morgan fingerprint density at radius 2 is 1.71 bits per heavy atom. The number of carbonyl (C=O) groups excluding carboxylic acids is 5. The first-order valence-electron chi connectivity index (χ1n) is 23.3. The summed E-state index contributed by atoms with van der Waals surface area (Å²) in [5.74, 6) is -2.78. The molecule has 352 valence electrons. The molecule has 66 heavy (non-hydrogen) atoms. The Hall–Kier alpha value is -5.99. The van der Waals surface area contributed by atoms with Gasteiger partial charge in [0.05, 0.1) is 18.2 Å². The minimum absolute atomic E-state index is 0.00482. The number of aromatic nitrogens is 1. The standard InChI is InChI=1S/C52H67N7O7/c1-10-45(61)57-22-20-37(30-57)49(63)56(9)46(32(3)4)48(62)53-43-25-34-23-38(26-39(60)24-34)36-18-19-44-40(27-36)41(47(58(44)11-2)35-16-14-33(15-17-35)29-55(7)8)28-52(5,6)31-66-51(65)42-13-12-21-59(54-42)50(43)64/h10,14-19,23-24,26-27,32,37,42-43,46,54,60H,1,11-13,20-22,25,28-31H2,2-9H3,(H,53,62)/t37-,42-,43-,46?/m0/s1. The Kier molecular flexibility index (Phi) is 14.4. The number of phenols is 1. The fourth-order valence-corrected chi connectivity index (χ4v) is 10.1. The van der Waals surface area contributed by atoms with Crippen molar-refractivity contribution in [3.05, 3.63) is 90.0 Å². The highest BCUT2D eigenvalue weighted by molar-refractivity contribution is 5.96. The fraction of sp³-hybridized carbons (Fsp3) is 0.481. The van der Waals surface area contributed by atoms with Gasteiger partial charge < -0.3 is 34.4 Å². The molecule has 1 unspecified atom stereocenters. The second-order valence-electron chi connectivity index (χ2n) is 19.8. The van der Waals surface area contributed by atoms with E-state index in [0.29, 0.717) is 37.8 Å². The lowest BCUT2D eigenvalue weighted by Crippen LogP contribution is -2.62. The number of likely N-dealkylation sites (tertiary alicyclic amines) is 1. The number of hydrogen-bond acceptors (Lipinski definition) is 9. The lowest BCUT2D eigenvalue weighted by Gasteiger charge is -2.37. The third-order valence-electron chi connectivity index (χ3n) is 13.3. The summed E-state index contributed by atoms with van der Waals surface area (Å²) in [5.41, 5.74) is 10.4. The van der Waals surface area contributed by atoms with E-state index in [0.717, 1.165) is 51.9 Å². The molecule has 1 aromatic heterocycles. The van der Waals surface area contributed by atoms with E-state index in [1.165, 1.54) is 21.5 Å². The van der Waals surface area contributed by atoms with Crippen LogP contribution in [0.2, 0.25) is 0 Å². The molecule has 0 aliphatic carbocycles. The van der Waals surface area contributed by atoms with Gasteiger partial charge in [0.2, 0.25) is 17.7 Å². The van der Waals surface area contributed by atoms with E-state index in [-0.39, 0.29) is 49.6 Å². The van der Waals surface area contributed by atoms with Crippen LogP contribution in [0.15, 0.2) is 73.3 Å². The van der Waals surface area contributed by atoms with Crippen LogP contribution in [0, 0.1) is 17.3 Å². The number of carbonyl (C=O) groups is 5. The van der Waals surface area contributed by atoms with Crippen LogP contribution >= 0.6 is 0 Å². The summed E-state index contributed by atoms with van der Waals surface area (Å²) in [6.45, 7) is 16.2. The Bertz CT molecular complexity index is 2490. The van der Waals surface area contributed by atoms with Gasteiger partial charge in [-0.2, -0.15) is 0 Å². The van der Waals surface area contributed by atoms with Crippen LogP contribution in [-0.2, 0) is 54.6 Å². The number of nitrogens with zero attached hydrogens (tertiary/aromatic N) is 5. The first-order valence-corrected chi connectivity index (χ1v) is 23.3. The maximum absolute atomic E-state index is 14.7. The molecule has 14 nitrogen and oxygen atoms in total. The number of phenolic OH excluding ortho intramolecular Hbond substituents is 1. The molecular formula is C52H67N7O7. The molecule has 3 aliphatic heterocycles. The number of rotatable bonds is 10. The van der Waals surface area contributed by atoms with Crippen molar-refractivity contribution in [3.63, 3.8) is 0 Å². The Labute approximate surface area is 388 Å². The number of esters is 1. The molecule has 7 rings (SSSR count). The molecule has 0 saturated carbocycles. The molecule has 4 heterocycles. The van der Waals surface area contributed by atoms with E-state index in [1.807, 2.05) is 26.0 Å². The van der Waals surface area contributed by atoms with Crippen LogP contribution in [-0.4, -0.2) is 124 Å². The van der Waals surface area contributed by atoms with Crippen molar-refractivity contribution in [2.24, 2.45) is 17.3 Å². The number of benzene rings is 3. The molecule has 2 fully saturated rings. The van der Waals surface area contributed by atoms with Crippen LogP contribution in [0.5, 0.6) is 5.75 Å². The van der Waals surface area contributed by atoms with E-state index in [2.05, 4.69) is 98.1 Å². The molecule has 6 bridgehead atoms. The van der Waals surface area contributed by atoms with E-state index < -0.39 is 47.2 Å². The largest absolute Gasteiger partial charge is 0.508 e. The van der Waals surface area contributed by atoms with E-state index in [4.69, 9.17) is 4.74 Å². The van der Waals surface area contributed by atoms with Crippen molar-refractivity contribution in [1.29, 1.82) is 0 Å². The van der Waals surface area contributed by atoms with Crippen molar-refractivity contribution in [3.8, 4) is 28.1 Å². The molecule has 0 spiro atoms. The first kappa shape index (κ1) is 48.0. The smallest absolute Gasteiger partial charge is 0.324 e. The highest BCUT2D eigenvalue weighted by Gasteiger charge is 2.40. The Morgan fingerprint density at radius 1 is 0.985 bits per heavy atom. The second-order valence-corrected chi connectivity index (χ2v) is 19.8. The van der Waals surface area contributed by atoms with Crippen molar-refractivity contribution in [2.45, 2.75) is 97.9 Å². The van der Waals surface area contributed by atoms with Gasteiger partial charge in [-0.3, -0.25) is 29.0 Å². The number of aromatic hydroxyl groups is 1. The number of fused-ring (bicyclic) bond motifs is 6. The molecular weight excluding hydrogens is 835 g/mol. The number of hydrazine groups is 1. The van der Waals surface area contributed by atoms with Crippen LogP contribution in [0.3, 0.4) is 0 Å². The van der Waals surface area contributed by atoms with Crippen LogP contribution in [0.4, 0.5) is 0 Å². The number of aryl methyl sites for hydroxylation is 1. The van der Waals surface area contributed by atoms with Gasteiger partial charge in [0, 0.05) is 62.5 Å². The number of likely N-dealkylation sites (N-methyl/N-ethyl adjacent to an activating group) is 1. The highest BCUT2D eigenvalue weighted by Crippen LogP contribution is 2.41. The Morgan fingerprint density at radius 3 is 2.39 bits per heavy atom. The number of cyclic esters (lactones) is 1. The zero-order chi connectivity index (χ0) is 47.6. The van der Waals surface area contributed by atoms with Crippen molar-refractivity contribution >= 4 is 40.5 Å². The Balaban J connectivity index is 1.29. The van der Waals surface area contributed by atoms with Gasteiger partial charge in [-0.1, -0.05) is 70.7 Å². The lowest BCUT2D eigenvalue weighted by molar-refractivity contribution is -0.155. The molecule has 3 N–H and O–H groups in total. The molecule has 4 amide bonds. The summed E-state index contributed by atoms with van der Waals surface area (Å²) >= 11 is 0. The third-order valence-corrected chi connectivity index (χ3v) is 13.3. The van der Waals surface area contributed by atoms with E-state index in [1.54, 1.807) is 24.1 Å². The summed E-state index contributed by atoms with van der Waals surface area (Å²) in [6, 6.07) is 17.4. The molecule has 3 aromatic carbocycles. The monoisotopic (exact) mass is 902 g/mol. The van der Waals surface area contributed by atoms with Gasteiger partial charge in [0.1, 0.15) is 23.9 Å². The quantitative estimate of drug-likeness (QED) is 0.130. The zero-order valence-electron chi connectivity index (χ0n) is 39.9. The second kappa shape index (κ2) is 19.9. The molecule has 4 aromatic rings. The molecule has 3 aliphatic rings. The first-order chi connectivity index (χ1) is 31.4. The van der Waals surface area contributed by atoms with Gasteiger partial charge in [0.15, 0.2) is 0 Å². The molecule has 0 radical (unpaired) electrons. The third kappa shape index (κ3) is 10.3. The molecule has 4 atom stereocenters. The normalized spacial score (nSPS) is 20.5. The summed E-state index contributed by atoms with van der Waals surface area (Å²) in [5, 5.41) is 16.8. The summed E-state index contributed by atoms with van der Waals surface area (Å²) in [6.07, 6.45) is 3.27. The average Bonchev–Trinajstić information content (AvgIpc) is 3.90. The van der Waals surface area contributed by atoms with Crippen LogP contribution in [0.1, 0.15) is 70.6 Å². The van der Waals surface area contributed by atoms with Crippen LogP contribution < -0.4 is 10.7 Å². The van der Waals surface area contributed by atoms with Gasteiger partial charge >= 0.3 is 5.97 Å². The predicted molar refractivity (Wildman–Crippen MR) is 256 cm³/mol. The zero-order valence-corrected chi connectivity index (χ0v) is 39.9. The van der Waals surface area contributed by atoms with E-state index >= 15 is 0 Å². The SMILES string of the molecule is C=CC(=O)N1CC[C@H](C(=O)N(C)C(C(=O)N[C@H]2Cc3cc(O)cc(c3)-c3ccc4c(c3)c(c(-c3ccc(CN(C)C)cc3)n4CC)CC(C)(C)COC(=O)[C@@H]3CCCN(N3)C2=O)C(C)C)C1. The van der Waals surface area contributed by atoms with Gasteiger partial charge in [-0.05, 0) is 116 Å². The van der Waals surface area contributed by atoms with Gasteiger partial charge in [-0.15, -0.1) is 0 Å². The fourth-order valence-electron chi connectivity index (χ4n) is 10.1. The topological polar surface area (TPSA) is 157 Å². The van der Waals surface area contributed by atoms with E-state index in [9.17, 15) is 29.1 Å². The van der Waals surface area contributed by atoms with Crippen molar-refractivity contribution in [2.75, 3.05) is 47.4 Å². The molecule has 2 saturated heterocycles. The number of hydrogen-bond donors (Lipinski definition) is 3. The maximum atomic E-state index is 14.7. The number of ether oxygens (including phenoxy) is 1. The van der Waals surface area contributed by atoms with Crippen LogP contribution in [0.25, 0.3) is 33.3 Å². The minimum Gasteiger partial charge on any atom is -0.508 e. The average molecular weight is 902 g/mol. The molecule has 14 heteroatoms. The summed E-state index contributed by atoms with van der Waals surface area (Å²) in [7, 11) is 5.70. The number of nitrogens with one attached hydrogen (secondary N) is 2.